The number of methoxy groups -OCH3 is 2. The molecule has 2 aromatic carbocycles. The number of benzene rings is 2. The topological polar surface area (TPSA) is 59.9 Å². The van der Waals surface area contributed by atoms with E-state index in [-0.39, 0.29) is 5.91 Å². The second-order valence-corrected chi connectivity index (χ2v) is 6.46. The molecule has 128 valence electrons. The second-order valence-electron chi connectivity index (χ2n) is 5.43. The summed E-state index contributed by atoms with van der Waals surface area (Å²) in [6.07, 6.45) is 1.79. The molecule has 0 bridgehead atoms. The van der Waals surface area contributed by atoms with Crippen molar-refractivity contribution in [3.63, 3.8) is 0 Å². The molecular formula is C19H18N2O3S. The number of ether oxygens (including phenoxy) is 2. The number of rotatable bonds is 4. The molecule has 0 aliphatic carbocycles. The number of aryl methyl sites for hydroxylation is 1. The van der Waals surface area contributed by atoms with Gasteiger partial charge >= 0.3 is 0 Å². The molecule has 1 heterocycles. The van der Waals surface area contributed by atoms with E-state index < -0.39 is 0 Å². The largest absolute Gasteiger partial charge is 0.497 e. The number of thioether (sulfide) groups is 1. The Bertz CT molecular complexity index is 875. The fraction of sp³-hybridized carbons (Fsp3) is 0.158. The van der Waals surface area contributed by atoms with Gasteiger partial charge in [-0.2, -0.15) is 0 Å². The van der Waals surface area contributed by atoms with Crippen LogP contribution in [0, 0.1) is 6.92 Å². The number of carbonyl (C=O) groups excluding carboxylic acids is 1. The van der Waals surface area contributed by atoms with Crippen LogP contribution in [-0.4, -0.2) is 25.3 Å². The van der Waals surface area contributed by atoms with Crippen LogP contribution in [0.25, 0.3) is 6.08 Å². The van der Waals surface area contributed by atoms with Crippen molar-refractivity contribution < 1.29 is 14.3 Å². The Hall–Kier alpha value is -2.73. The number of nitrogens with zero attached hydrogens (tertiary/aromatic N) is 1. The summed E-state index contributed by atoms with van der Waals surface area (Å²) in [6.45, 7) is 2.01. The molecule has 0 unspecified atom stereocenters. The molecule has 0 atom stereocenters. The van der Waals surface area contributed by atoms with Crippen LogP contribution < -0.4 is 14.8 Å². The SMILES string of the molecule is COc1ccc(/C=C2/SC(=Nc3cccc(C)c3)NC2=O)c(OC)c1. The van der Waals surface area contributed by atoms with Crippen LogP contribution in [0.4, 0.5) is 5.69 Å². The van der Waals surface area contributed by atoms with Crippen LogP contribution in [0.15, 0.2) is 52.4 Å². The second kappa shape index (κ2) is 7.44. The molecule has 25 heavy (non-hydrogen) atoms. The van der Waals surface area contributed by atoms with Gasteiger partial charge in [0.05, 0.1) is 24.8 Å². The van der Waals surface area contributed by atoms with Gasteiger partial charge in [-0.15, -0.1) is 0 Å². The van der Waals surface area contributed by atoms with Gasteiger partial charge in [0, 0.05) is 11.6 Å². The lowest BCUT2D eigenvalue weighted by Gasteiger charge is -2.07. The number of nitrogens with one attached hydrogen (secondary N) is 1. The first-order valence-corrected chi connectivity index (χ1v) is 8.49. The molecule has 1 aliphatic rings. The summed E-state index contributed by atoms with van der Waals surface area (Å²) < 4.78 is 10.6. The zero-order valence-corrected chi connectivity index (χ0v) is 15.0. The highest BCUT2D eigenvalue weighted by Gasteiger charge is 2.24. The van der Waals surface area contributed by atoms with Gasteiger partial charge in [0.25, 0.3) is 5.91 Å². The minimum absolute atomic E-state index is 0.172. The van der Waals surface area contributed by atoms with Gasteiger partial charge in [-0.1, -0.05) is 12.1 Å². The maximum absolute atomic E-state index is 12.2. The minimum Gasteiger partial charge on any atom is -0.497 e. The van der Waals surface area contributed by atoms with E-state index in [9.17, 15) is 4.79 Å². The quantitative estimate of drug-likeness (QED) is 0.846. The number of amidine groups is 1. The van der Waals surface area contributed by atoms with Crippen LogP contribution in [0.5, 0.6) is 11.5 Å². The van der Waals surface area contributed by atoms with E-state index in [1.807, 2.05) is 43.3 Å². The summed E-state index contributed by atoms with van der Waals surface area (Å²) in [5, 5.41) is 3.36. The fourth-order valence-corrected chi connectivity index (χ4v) is 3.21. The van der Waals surface area contributed by atoms with Gasteiger partial charge in [0.2, 0.25) is 0 Å². The van der Waals surface area contributed by atoms with Gasteiger partial charge in [-0.25, -0.2) is 4.99 Å². The van der Waals surface area contributed by atoms with Gasteiger partial charge in [0.1, 0.15) is 11.5 Å². The molecule has 5 nitrogen and oxygen atoms in total. The lowest BCUT2D eigenvalue weighted by molar-refractivity contribution is -0.115. The van der Waals surface area contributed by atoms with Crippen molar-refractivity contribution in [2.45, 2.75) is 6.92 Å². The maximum atomic E-state index is 12.2. The van der Waals surface area contributed by atoms with Gasteiger partial charge in [-0.3, -0.25) is 4.79 Å². The highest BCUT2D eigenvalue weighted by atomic mass is 32.2. The standard InChI is InChI=1S/C19H18N2O3S/c1-12-5-4-6-14(9-12)20-19-21-18(22)17(25-19)10-13-7-8-15(23-2)11-16(13)24-3/h4-11H,1-3H3,(H,20,21,22)/b17-10+. The van der Waals surface area contributed by atoms with Crippen molar-refractivity contribution in [1.82, 2.24) is 5.32 Å². The van der Waals surface area contributed by atoms with E-state index in [2.05, 4.69) is 10.3 Å². The number of carbonyl (C=O) groups is 1. The molecule has 1 aliphatic heterocycles. The number of hydrogen-bond donors (Lipinski definition) is 1. The van der Waals surface area contributed by atoms with Gasteiger partial charge in [-0.05, 0) is 54.6 Å². The van der Waals surface area contributed by atoms with Crippen LogP contribution in [0.3, 0.4) is 0 Å². The number of hydrogen-bond acceptors (Lipinski definition) is 5. The van der Waals surface area contributed by atoms with E-state index in [0.29, 0.717) is 21.6 Å². The zero-order valence-electron chi connectivity index (χ0n) is 14.2. The van der Waals surface area contributed by atoms with Gasteiger partial charge < -0.3 is 14.8 Å². The van der Waals surface area contributed by atoms with Crippen LogP contribution >= 0.6 is 11.8 Å². The predicted octanol–water partition coefficient (Wildman–Crippen LogP) is 3.90. The van der Waals surface area contributed by atoms with Crippen molar-refractivity contribution >= 4 is 34.6 Å². The third kappa shape index (κ3) is 4.03. The van der Waals surface area contributed by atoms with Crippen LogP contribution in [-0.2, 0) is 4.79 Å². The third-order valence-corrected chi connectivity index (χ3v) is 4.52. The molecule has 0 radical (unpaired) electrons. The van der Waals surface area contributed by atoms with Crippen molar-refractivity contribution in [1.29, 1.82) is 0 Å². The van der Waals surface area contributed by atoms with E-state index >= 15 is 0 Å². The van der Waals surface area contributed by atoms with Crippen molar-refractivity contribution in [2.75, 3.05) is 14.2 Å². The smallest absolute Gasteiger partial charge is 0.264 e. The number of aliphatic imine (C=N–C) groups is 1. The average molecular weight is 354 g/mol. The Kier molecular flexibility index (Phi) is 5.09. The highest BCUT2D eigenvalue weighted by Crippen LogP contribution is 2.32. The average Bonchev–Trinajstić information content (AvgIpc) is 2.94. The van der Waals surface area contributed by atoms with Crippen molar-refractivity contribution in [3.05, 3.63) is 58.5 Å². The van der Waals surface area contributed by atoms with Crippen molar-refractivity contribution in [2.24, 2.45) is 4.99 Å². The summed E-state index contributed by atoms with van der Waals surface area (Å²) in [5.41, 5.74) is 2.73. The van der Waals surface area contributed by atoms with E-state index in [0.717, 1.165) is 16.8 Å². The van der Waals surface area contributed by atoms with E-state index in [1.54, 1.807) is 26.4 Å². The Balaban J connectivity index is 1.87. The normalized spacial score (nSPS) is 17.0. The molecule has 3 rings (SSSR count). The summed E-state index contributed by atoms with van der Waals surface area (Å²) in [5.74, 6) is 1.17. The lowest BCUT2D eigenvalue weighted by atomic mass is 10.1. The van der Waals surface area contributed by atoms with Crippen LogP contribution in [0.2, 0.25) is 0 Å². The molecule has 1 N–H and O–H groups in total. The maximum Gasteiger partial charge on any atom is 0.264 e. The summed E-state index contributed by atoms with van der Waals surface area (Å²) >= 11 is 1.31. The predicted molar refractivity (Wildman–Crippen MR) is 102 cm³/mol. The fourth-order valence-electron chi connectivity index (χ4n) is 2.37. The minimum atomic E-state index is -0.172. The highest BCUT2D eigenvalue weighted by molar-refractivity contribution is 8.18. The Labute approximate surface area is 150 Å². The molecule has 1 fully saturated rings. The summed E-state index contributed by atoms with van der Waals surface area (Å²) in [6, 6.07) is 13.3. The summed E-state index contributed by atoms with van der Waals surface area (Å²) in [7, 11) is 3.19. The van der Waals surface area contributed by atoms with Crippen molar-refractivity contribution in [3.8, 4) is 11.5 Å². The third-order valence-electron chi connectivity index (χ3n) is 3.61. The molecule has 0 saturated carbocycles. The molecule has 1 amide bonds. The zero-order chi connectivity index (χ0) is 17.8. The molecule has 6 heteroatoms. The summed E-state index contributed by atoms with van der Waals surface area (Å²) in [4.78, 5) is 17.3. The first kappa shape index (κ1) is 17.1. The molecule has 0 spiro atoms. The molecule has 2 aromatic rings. The van der Waals surface area contributed by atoms with E-state index in [1.165, 1.54) is 11.8 Å². The molecule has 1 saturated heterocycles. The Morgan fingerprint density at radius 2 is 1.96 bits per heavy atom. The molecular weight excluding hydrogens is 336 g/mol. The lowest BCUT2D eigenvalue weighted by Crippen LogP contribution is -2.19. The number of amides is 1. The Morgan fingerprint density at radius 3 is 2.68 bits per heavy atom. The Morgan fingerprint density at radius 1 is 1.12 bits per heavy atom. The van der Waals surface area contributed by atoms with Crippen LogP contribution in [0.1, 0.15) is 11.1 Å². The first-order valence-electron chi connectivity index (χ1n) is 7.67. The molecule has 0 aromatic heterocycles. The van der Waals surface area contributed by atoms with Gasteiger partial charge in [0.15, 0.2) is 5.17 Å². The first-order chi connectivity index (χ1) is 12.1. The monoisotopic (exact) mass is 354 g/mol. The van der Waals surface area contributed by atoms with E-state index in [4.69, 9.17) is 9.47 Å².